The fourth-order valence-corrected chi connectivity index (χ4v) is 2.82. The number of pyridine rings is 1. The molecule has 1 N–H and O–H groups in total. The van der Waals surface area contributed by atoms with Gasteiger partial charge in [0.25, 0.3) is 0 Å². The molecule has 0 spiro atoms. The van der Waals surface area contributed by atoms with Crippen molar-refractivity contribution in [1.29, 1.82) is 0 Å². The van der Waals surface area contributed by atoms with Gasteiger partial charge in [0.15, 0.2) is 11.5 Å². The molecule has 1 aliphatic rings. The normalized spacial score (nSPS) is 14.8. The zero-order valence-corrected chi connectivity index (χ0v) is 12.7. The molecule has 4 nitrogen and oxygen atoms in total. The molecule has 0 saturated heterocycles. The molecule has 0 bridgehead atoms. The number of ether oxygens (including phenoxy) is 2. The smallest absolute Gasteiger partial charge is 0.161 e. The fourth-order valence-electron chi connectivity index (χ4n) is 2.82. The first-order valence-corrected chi connectivity index (χ1v) is 7.56. The highest BCUT2D eigenvalue weighted by atomic mass is 16.5. The van der Waals surface area contributed by atoms with Crippen LogP contribution in [0.1, 0.15) is 25.7 Å². The lowest BCUT2D eigenvalue weighted by molar-refractivity contribution is 0.303. The minimum Gasteiger partial charge on any atom is -0.493 e. The molecular weight excluding hydrogens is 264 g/mol. The van der Waals surface area contributed by atoms with Gasteiger partial charge in [-0.3, -0.25) is 0 Å². The van der Waals surface area contributed by atoms with Gasteiger partial charge >= 0.3 is 0 Å². The summed E-state index contributed by atoms with van der Waals surface area (Å²) in [5, 5.41) is 5.65. The van der Waals surface area contributed by atoms with Gasteiger partial charge in [0.05, 0.1) is 14.2 Å². The number of aromatic nitrogens is 1. The average Bonchev–Trinajstić information content (AvgIpc) is 2.48. The Morgan fingerprint density at radius 2 is 1.95 bits per heavy atom. The number of fused-ring (bicyclic) bond motifs is 1. The van der Waals surface area contributed by atoms with E-state index in [1.807, 2.05) is 24.4 Å². The molecule has 112 valence electrons. The number of nitrogens with zero attached hydrogens (tertiary/aromatic N) is 1. The van der Waals surface area contributed by atoms with Crippen LogP contribution in [0.4, 0.5) is 5.82 Å². The molecule has 4 heteroatoms. The predicted molar refractivity (Wildman–Crippen MR) is 85.3 cm³/mol. The second-order valence-corrected chi connectivity index (χ2v) is 5.60. The van der Waals surface area contributed by atoms with Crippen molar-refractivity contribution in [2.24, 2.45) is 5.92 Å². The average molecular weight is 286 g/mol. The maximum absolute atomic E-state index is 5.39. The highest BCUT2D eigenvalue weighted by molar-refractivity contribution is 5.94. The minimum atomic E-state index is 0.736. The molecule has 1 saturated carbocycles. The second-order valence-electron chi connectivity index (χ2n) is 5.60. The maximum atomic E-state index is 5.39. The van der Waals surface area contributed by atoms with E-state index >= 15 is 0 Å². The Labute approximate surface area is 125 Å². The summed E-state index contributed by atoms with van der Waals surface area (Å²) in [4.78, 5) is 4.47. The topological polar surface area (TPSA) is 43.4 Å². The maximum Gasteiger partial charge on any atom is 0.161 e. The monoisotopic (exact) mass is 286 g/mol. The summed E-state index contributed by atoms with van der Waals surface area (Å²) < 4.78 is 10.7. The molecule has 0 amide bonds. The van der Waals surface area contributed by atoms with E-state index in [1.165, 1.54) is 25.7 Å². The van der Waals surface area contributed by atoms with Crippen molar-refractivity contribution < 1.29 is 9.47 Å². The molecule has 0 aliphatic heterocycles. The van der Waals surface area contributed by atoms with Crippen LogP contribution in [0.3, 0.4) is 0 Å². The summed E-state index contributed by atoms with van der Waals surface area (Å²) in [6.07, 6.45) is 7.23. The lowest BCUT2D eigenvalue weighted by atomic mass is 9.83. The number of methoxy groups -OCH3 is 2. The van der Waals surface area contributed by atoms with Crippen LogP contribution in [0.2, 0.25) is 0 Å². The Kier molecular flexibility index (Phi) is 4.13. The summed E-state index contributed by atoms with van der Waals surface area (Å²) in [5.41, 5.74) is 0. The Morgan fingerprint density at radius 1 is 1.19 bits per heavy atom. The van der Waals surface area contributed by atoms with E-state index in [2.05, 4.69) is 10.3 Å². The predicted octanol–water partition coefficient (Wildman–Crippen LogP) is 3.85. The van der Waals surface area contributed by atoms with Crippen LogP contribution in [0.25, 0.3) is 10.8 Å². The van der Waals surface area contributed by atoms with Crippen molar-refractivity contribution in [1.82, 2.24) is 4.98 Å². The number of rotatable bonds is 6. The van der Waals surface area contributed by atoms with E-state index in [1.54, 1.807) is 14.2 Å². The van der Waals surface area contributed by atoms with Gasteiger partial charge in [-0.05, 0) is 35.9 Å². The molecule has 0 radical (unpaired) electrons. The summed E-state index contributed by atoms with van der Waals surface area (Å²) in [5.74, 6) is 3.31. The van der Waals surface area contributed by atoms with Crippen LogP contribution in [-0.4, -0.2) is 25.7 Å². The van der Waals surface area contributed by atoms with Crippen LogP contribution in [-0.2, 0) is 0 Å². The third-order valence-corrected chi connectivity index (χ3v) is 4.34. The van der Waals surface area contributed by atoms with E-state index in [0.29, 0.717) is 0 Å². The van der Waals surface area contributed by atoms with Gasteiger partial charge in [-0.15, -0.1) is 0 Å². The quantitative estimate of drug-likeness (QED) is 0.876. The third kappa shape index (κ3) is 2.89. The lowest BCUT2D eigenvalue weighted by Crippen LogP contribution is -2.16. The first-order valence-electron chi connectivity index (χ1n) is 7.56. The molecule has 1 fully saturated rings. The van der Waals surface area contributed by atoms with Gasteiger partial charge in [0.2, 0.25) is 0 Å². The number of benzene rings is 1. The fraction of sp³-hybridized carbons (Fsp3) is 0.471. The van der Waals surface area contributed by atoms with E-state index < -0.39 is 0 Å². The molecule has 0 atom stereocenters. The first kappa shape index (κ1) is 14.0. The molecule has 2 aromatic rings. The highest BCUT2D eigenvalue weighted by Crippen LogP contribution is 2.35. The molecule has 1 aromatic carbocycles. The minimum absolute atomic E-state index is 0.736. The first-order chi connectivity index (χ1) is 10.3. The van der Waals surface area contributed by atoms with Crippen molar-refractivity contribution in [2.45, 2.75) is 25.7 Å². The number of hydrogen-bond donors (Lipinski definition) is 1. The van der Waals surface area contributed by atoms with Gasteiger partial charge in [-0.1, -0.05) is 19.3 Å². The summed E-state index contributed by atoms with van der Waals surface area (Å²) in [7, 11) is 3.31. The zero-order valence-electron chi connectivity index (χ0n) is 12.7. The van der Waals surface area contributed by atoms with E-state index in [4.69, 9.17) is 9.47 Å². The van der Waals surface area contributed by atoms with Gasteiger partial charge in [-0.25, -0.2) is 4.98 Å². The van der Waals surface area contributed by atoms with Gasteiger partial charge in [-0.2, -0.15) is 0 Å². The Morgan fingerprint density at radius 3 is 2.62 bits per heavy atom. The highest BCUT2D eigenvalue weighted by Gasteiger charge is 2.16. The van der Waals surface area contributed by atoms with Crippen LogP contribution in [0.5, 0.6) is 11.5 Å². The van der Waals surface area contributed by atoms with Crippen molar-refractivity contribution in [3.63, 3.8) is 0 Å². The molecule has 21 heavy (non-hydrogen) atoms. The van der Waals surface area contributed by atoms with Crippen LogP contribution >= 0.6 is 0 Å². The zero-order chi connectivity index (χ0) is 14.7. The number of hydrogen-bond acceptors (Lipinski definition) is 4. The van der Waals surface area contributed by atoms with Crippen LogP contribution < -0.4 is 14.8 Å². The van der Waals surface area contributed by atoms with E-state index in [0.717, 1.165) is 40.6 Å². The summed E-state index contributed by atoms with van der Waals surface area (Å²) in [6.45, 7) is 0.977. The van der Waals surface area contributed by atoms with Gasteiger partial charge in [0, 0.05) is 18.1 Å². The number of anilines is 1. The Hall–Kier alpha value is -1.97. The largest absolute Gasteiger partial charge is 0.493 e. The number of nitrogens with one attached hydrogen (secondary N) is 1. The summed E-state index contributed by atoms with van der Waals surface area (Å²) in [6, 6.07) is 5.98. The molecule has 1 heterocycles. The van der Waals surface area contributed by atoms with Gasteiger partial charge in [0.1, 0.15) is 5.82 Å². The van der Waals surface area contributed by atoms with E-state index in [9.17, 15) is 0 Å². The lowest BCUT2D eigenvalue weighted by Gasteiger charge is -2.25. The van der Waals surface area contributed by atoms with Crippen molar-refractivity contribution >= 4 is 16.6 Å². The molecular formula is C17H22N2O2. The van der Waals surface area contributed by atoms with Gasteiger partial charge < -0.3 is 14.8 Å². The Bertz CT molecular complexity index is 623. The molecule has 1 aromatic heterocycles. The third-order valence-electron chi connectivity index (χ3n) is 4.34. The molecule has 3 rings (SSSR count). The van der Waals surface area contributed by atoms with Crippen molar-refractivity contribution in [3.8, 4) is 11.5 Å². The molecule has 1 aliphatic carbocycles. The van der Waals surface area contributed by atoms with Crippen LogP contribution in [0, 0.1) is 5.92 Å². The van der Waals surface area contributed by atoms with Crippen molar-refractivity contribution in [3.05, 3.63) is 24.4 Å². The van der Waals surface area contributed by atoms with E-state index in [-0.39, 0.29) is 0 Å². The summed E-state index contributed by atoms with van der Waals surface area (Å²) >= 11 is 0. The molecule has 0 unspecified atom stereocenters. The SMILES string of the molecule is COc1cc2ccnc(NCCC3CCC3)c2cc1OC. The van der Waals surface area contributed by atoms with Crippen molar-refractivity contribution in [2.75, 3.05) is 26.1 Å². The van der Waals surface area contributed by atoms with Crippen LogP contribution in [0.15, 0.2) is 24.4 Å². The standard InChI is InChI=1S/C17H22N2O2/c1-20-15-10-13-7-9-19-17(14(13)11-16(15)21-2)18-8-6-12-4-3-5-12/h7,9-12H,3-6,8H2,1-2H3,(H,18,19). The Balaban J connectivity index is 1.83. The second kappa shape index (κ2) is 6.20.